The molecule has 2 aromatic rings. The molecule has 16 heavy (non-hydrogen) atoms. The summed E-state index contributed by atoms with van der Waals surface area (Å²) in [6, 6.07) is 8.31. The minimum atomic E-state index is 0. The van der Waals surface area contributed by atoms with E-state index < -0.39 is 0 Å². The first-order chi connectivity index (χ1) is 7.24. The number of nitrogens with zero attached hydrogens (tertiary/aromatic N) is 1. The number of pyridine rings is 1. The Morgan fingerprint density at radius 1 is 1.31 bits per heavy atom. The molecule has 0 saturated heterocycles. The van der Waals surface area contributed by atoms with Crippen molar-refractivity contribution in [3.63, 3.8) is 0 Å². The van der Waals surface area contributed by atoms with Crippen molar-refractivity contribution in [2.45, 2.75) is 12.8 Å². The van der Waals surface area contributed by atoms with Gasteiger partial charge in [0.05, 0.1) is 11.4 Å². The Balaban J connectivity index is 0.00000128. The van der Waals surface area contributed by atoms with Crippen LogP contribution < -0.4 is 5.32 Å². The molecule has 0 amide bonds. The largest absolute Gasteiger partial charge is 0.373 e. The van der Waals surface area contributed by atoms with E-state index in [1.54, 1.807) is 0 Å². The monoisotopic (exact) mass is 256 g/mol. The van der Waals surface area contributed by atoms with E-state index in [1.807, 2.05) is 13.1 Å². The maximum atomic E-state index is 5.87. The molecule has 0 spiro atoms. The van der Waals surface area contributed by atoms with E-state index in [-0.39, 0.29) is 12.4 Å². The van der Waals surface area contributed by atoms with Gasteiger partial charge in [-0.25, -0.2) is 4.98 Å². The molecular formula is C12H14Cl2N2. The van der Waals surface area contributed by atoms with E-state index in [0.717, 1.165) is 22.3 Å². The zero-order valence-corrected chi connectivity index (χ0v) is 10.8. The molecule has 1 aromatic heterocycles. The summed E-state index contributed by atoms with van der Waals surface area (Å²) in [6.45, 7) is 2.08. The van der Waals surface area contributed by atoms with Gasteiger partial charge in [0.1, 0.15) is 5.82 Å². The molecule has 1 heterocycles. The maximum absolute atomic E-state index is 5.87. The van der Waals surface area contributed by atoms with Gasteiger partial charge in [-0.1, -0.05) is 11.6 Å². The normalized spacial score (nSPS) is 9.94. The summed E-state index contributed by atoms with van der Waals surface area (Å²) < 4.78 is 0. The first-order valence-corrected chi connectivity index (χ1v) is 5.42. The number of aromatic nitrogens is 1. The van der Waals surface area contributed by atoms with Crippen molar-refractivity contribution >= 4 is 40.7 Å². The van der Waals surface area contributed by atoms with Gasteiger partial charge in [-0.05, 0) is 25.1 Å². The van der Waals surface area contributed by atoms with Gasteiger partial charge < -0.3 is 5.32 Å². The first kappa shape index (κ1) is 13.1. The second kappa shape index (κ2) is 5.37. The standard InChI is InChI=1S/C12H13ClN2.ClH/c1-8-3-4-11-9(5-8)6-10(7-13)12(14-2)15-11;/h3-6H,7H2,1-2H3,(H,14,15);1H. The SMILES string of the molecule is CNc1nc2ccc(C)cc2cc1CCl.Cl. The second-order valence-electron chi connectivity index (χ2n) is 3.58. The van der Waals surface area contributed by atoms with Crippen LogP contribution in [0.1, 0.15) is 11.1 Å². The van der Waals surface area contributed by atoms with Crippen LogP contribution in [-0.4, -0.2) is 12.0 Å². The lowest BCUT2D eigenvalue weighted by atomic mass is 10.1. The average molecular weight is 257 g/mol. The number of hydrogen-bond donors (Lipinski definition) is 1. The van der Waals surface area contributed by atoms with Crippen LogP contribution in [0.25, 0.3) is 10.9 Å². The van der Waals surface area contributed by atoms with Gasteiger partial charge in [0.25, 0.3) is 0 Å². The molecular weight excluding hydrogens is 243 g/mol. The summed E-state index contributed by atoms with van der Waals surface area (Å²) in [6.07, 6.45) is 0. The molecule has 0 atom stereocenters. The molecule has 0 radical (unpaired) electrons. The molecule has 1 N–H and O–H groups in total. The lowest BCUT2D eigenvalue weighted by Crippen LogP contribution is -1.97. The minimum Gasteiger partial charge on any atom is -0.373 e. The Labute approximate surface area is 106 Å². The molecule has 0 unspecified atom stereocenters. The van der Waals surface area contributed by atoms with Crippen LogP contribution in [0.15, 0.2) is 24.3 Å². The zero-order valence-electron chi connectivity index (χ0n) is 9.25. The van der Waals surface area contributed by atoms with Gasteiger partial charge in [0, 0.05) is 18.0 Å². The van der Waals surface area contributed by atoms with E-state index in [0.29, 0.717) is 5.88 Å². The molecule has 4 heteroatoms. The lowest BCUT2D eigenvalue weighted by Gasteiger charge is -2.08. The molecule has 0 aliphatic rings. The van der Waals surface area contributed by atoms with Gasteiger partial charge in [-0.2, -0.15) is 0 Å². The summed E-state index contributed by atoms with van der Waals surface area (Å²) in [4.78, 5) is 4.51. The summed E-state index contributed by atoms with van der Waals surface area (Å²) in [5.74, 6) is 1.34. The van der Waals surface area contributed by atoms with Crippen LogP contribution in [0.4, 0.5) is 5.82 Å². The first-order valence-electron chi connectivity index (χ1n) is 4.88. The highest BCUT2D eigenvalue weighted by atomic mass is 35.5. The fourth-order valence-electron chi connectivity index (χ4n) is 1.66. The number of rotatable bonds is 2. The van der Waals surface area contributed by atoms with Gasteiger partial charge in [0.15, 0.2) is 0 Å². The van der Waals surface area contributed by atoms with Crippen molar-refractivity contribution in [2.75, 3.05) is 12.4 Å². The maximum Gasteiger partial charge on any atom is 0.130 e. The molecule has 0 aliphatic carbocycles. The Morgan fingerprint density at radius 3 is 2.69 bits per heavy atom. The van der Waals surface area contributed by atoms with Crippen LogP contribution in [0.5, 0.6) is 0 Å². The highest BCUT2D eigenvalue weighted by Gasteiger charge is 2.04. The minimum absolute atomic E-state index is 0. The quantitative estimate of drug-likeness (QED) is 0.829. The lowest BCUT2D eigenvalue weighted by molar-refractivity contribution is 1.26. The second-order valence-corrected chi connectivity index (χ2v) is 3.84. The van der Waals surface area contributed by atoms with Crippen molar-refractivity contribution in [2.24, 2.45) is 0 Å². The zero-order chi connectivity index (χ0) is 10.8. The fraction of sp³-hybridized carbons (Fsp3) is 0.250. The van der Waals surface area contributed by atoms with E-state index in [4.69, 9.17) is 11.6 Å². The molecule has 0 aliphatic heterocycles. The topological polar surface area (TPSA) is 24.9 Å². The van der Waals surface area contributed by atoms with Crippen LogP contribution in [0, 0.1) is 6.92 Å². The number of nitrogens with one attached hydrogen (secondary N) is 1. The summed E-state index contributed by atoms with van der Waals surface area (Å²) >= 11 is 5.87. The van der Waals surface area contributed by atoms with E-state index in [1.165, 1.54) is 5.56 Å². The van der Waals surface area contributed by atoms with Crippen LogP contribution in [0.3, 0.4) is 0 Å². The fourth-order valence-corrected chi connectivity index (χ4v) is 1.86. The predicted octanol–water partition coefficient (Wildman–Crippen LogP) is 3.75. The molecule has 0 saturated carbocycles. The van der Waals surface area contributed by atoms with E-state index in [2.05, 4.69) is 35.4 Å². The Kier molecular flexibility index (Phi) is 4.39. The highest BCUT2D eigenvalue weighted by molar-refractivity contribution is 6.17. The molecule has 86 valence electrons. The van der Waals surface area contributed by atoms with Crippen molar-refractivity contribution in [3.8, 4) is 0 Å². The van der Waals surface area contributed by atoms with Gasteiger partial charge in [-0.3, -0.25) is 0 Å². The Hall–Kier alpha value is -0.990. The number of anilines is 1. The van der Waals surface area contributed by atoms with Crippen LogP contribution in [-0.2, 0) is 5.88 Å². The molecule has 2 nitrogen and oxygen atoms in total. The van der Waals surface area contributed by atoms with Crippen molar-refractivity contribution in [1.29, 1.82) is 0 Å². The van der Waals surface area contributed by atoms with Crippen molar-refractivity contribution < 1.29 is 0 Å². The third-order valence-corrected chi connectivity index (χ3v) is 2.72. The van der Waals surface area contributed by atoms with Gasteiger partial charge in [-0.15, -0.1) is 24.0 Å². The van der Waals surface area contributed by atoms with Gasteiger partial charge in [0.2, 0.25) is 0 Å². The number of aryl methyl sites for hydroxylation is 1. The third kappa shape index (κ3) is 2.39. The number of alkyl halides is 1. The number of halogens is 2. The Morgan fingerprint density at radius 2 is 2.06 bits per heavy atom. The highest BCUT2D eigenvalue weighted by Crippen LogP contribution is 2.22. The molecule has 2 rings (SSSR count). The van der Waals surface area contributed by atoms with E-state index >= 15 is 0 Å². The van der Waals surface area contributed by atoms with E-state index in [9.17, 15) is 0 Å². The number of benzene rings is 1. The van der Waals surface area contributed by atoms with Crippen LogP contribution in [0.2, 0.25) is 0 Å². The van der Waals surface area contributed by atoms with Gasteiger partial charge >= 0.3 is 0 Å². The third-order valence-electron chi connectivity index (χ3n) is 2.43. The smallest absolute Gasteiger partial charge is 0.130 e. The Bertz CT molecular complexity index is 498. The summed E-state index contributed by atoms with van der Waals surface area (Å²) in [7, 11) is 1.86. The number of fused-ring (bicyclic) bond motifs is 1. The van der Waals surface area contributed by atoms with Crippen molar-refractivity contribution in [3.05, 3.63) is 35.4 Å². The molecule has 0 bridgehead atoms. The summed E-state index contributed by atoms with van der Waals surface area (Å²) in [5, 5.41) is 4.20. The van der Waals surface area contributed by atoms with Crippen LogP contribution >= 0.6 is 24.0 Å². The molecule has 0 fully saturated rings. The molecule has 1 aromatic carbocycles. The summed E-state index contributed by atoms with van der Waals surface area (Å²) in [5.41, 5.74) is 3.28. The predicted molar refractivity (Wildman–Crippen MR) is 72.8 cm³/mol. The van der Waals surface area contributed by atoms with Crippen molar-refractivity contribution in [1.82, 2.24) is 4.98 Å². The average Bonchev–Trinajstić information content (AvgIpc) is 2.27. The number of hydrogen-bond acceptors (Lipinski definition) is 2.